The Kier molecular flexibility index (Phi) is 4.31. The summed E-state index contributed by atoms with van der Waals surface area (Å²) in [6.07, 6.45) is 0. The van der Waals surface area contributed by atoms with Crippen molar-refractivity contribution in [3.05, 3.63) is 65.2 Å². The number of nitriles is 1. The number of hydrogen-bond donors (Lipinski definition) is 1. The molecule has 0 saturated carbocycles. The van der Waals surface area contributed by atoms with E-state index in [0.29, 0.717) is 0 Å². The second-order valence-electron chi connectivity index (χ2n) is 4.18. The van der Waals surface area contributed by atoms with Gasteiger partial charge >= 0.3 is 0 Å². The van der Waals surface area contributed by atoms with Crippen LogP contribution in [0.3, 0.4) is 0 Å². The Morgan fingerprint density at radius 1 is 1.10 bits per heavy atom. The topological polar surface area (TPSA) is 70.0 Å². The average Bonchev–Trinajstić information content (AvgIpc) is 2.48. The van der Waals surface area contributed by atoms with Crippen LogP contribution in [0.2, 0.25) is 0 Å². The van der Waals surface area contributed by atoms with Gasteiger partial charge in [-0.2, -0.15) is 5.26 Å². The Hall–Kier alpha value is -2.30. The second kappa shape index (κ2) is 5.99. The number of nitrogens with one attached hydrogen (secondary N) is 1. The standard InChI is InChI=1S/C14H10F2N2O2S/c15-12-6-5-10(7-13(12)16)9-18-21(19,20)14-4-2-1-3-11(14)8-17/h1-7,18H,9H2. The SMILES string of the molecule is N#Cc1ccccc1S(=O)(=O)NCc1ccc(F)c(F)c1. The molecular formula is C14H10F2N2O2S. The molecule has 4 nitrogen and oxygen atoms in total. The van der Waals surface area contributed by atoms with Gasteiger partial charge in [-0.3, -0.25) is 0 Å². The van der Waals surface area contributed by atoms with Gasteiger partial charge in [0.25, 0.3) is 0 Å². The van der Waals surface area contributed by atoms with Gasteiger partial charge < -0.3 is 0 Å². The molecule has 0 amide bonds. The zero-order valence-electron chi connectivity index (χ0n) is 10.7. The molecule has 108 valence electrons. The van der Waals surface area contributed by atoms with Crippen molar-refractivity contribution in [3.8, 4) is 6.07 Å². The van der Waals surface area contributed by atoms with E-state index in [2.05, 4.69) is 4.72 Å². The van der Waals surface area contributed by atoms with E-state index in [1.807, 2.05) is 0 Å². The minimum atomic E-state index is -3.91. The van der Waals surface area contributed by atoms with Crippen LogP contribution in [-0.4, -0.2) is 8.42 Å². The second-order valence-corrected chi connectivity index (χ2v) is 5.92. The monoisotopic (exact) mass is 308 g/mol. The van der Waals surface area contributed by atoms with Crippen LogP contribution in [0.15, 0.2) is 47.4 Å². The van der Waals surface area contributed by atoms with Gasteiger partial charge in [0.15, 0.2) is 11.6 Å². The summed E-state index contributed by atoms with van der Waals surface area (Å²) in [6.45, 7) is -0.209. The molecule has 0 saturated heterocycles. The summed E-state index contributed by atoms with van der Waals surface area (Å²) >= 11 is 0. The first kappa shape index (κ1) is 15.1. The normalized spacial score (nSPS) is 11.1. The zero-order valence-corrected chi connectivity index (χ0v) is 11.5. The number of halogens is 2. The molecule has 1 N–H and O–H groups in total. The number of hydrogen-bond acceptors (Lipinski definition) is 3. The lowest BCUT2D eigenvalue weighted by atomic mass is 10.2. The highest BCUT2D eigenvalue weighted by molar-refractivity contribution is 7.89. The third-order valence-corrected chi connectivity index (χ3v) is 4.21. The summed E-state index contributed by atoms with van der Waals surface area (Å²) in [5, 5.41) is 8.90. The van der Waals surface area contributed by atoms with Crippen molar-refractivity contribution >= 4 is 10.0 Å². The molecule has 0 fully saturated rings. The van der Waals surface area contributed by atoms with E-state index in [1.165, 1.54) is 24.3 Å². The van der Waals surface area contributed by atoms with Crippen LogP contribution >= 0.6 is 0 Å². The minimum absolute atomic E-state index is 0.00952. The highest BCUT2D eigenvalue weighted by Gasteiger charge is 2.17. The average molecular weight is 308 g/mol. The van der Waals surface area contributed by atoms with E-state index in [-0.39, 0.29) is 22.6 Å². The summed E-state index contributed by atoms with van der Waals surface area (Å²) in [7, 11) is -3.91. The third kappa shape index (κ3) is 3.42. The number of benzene rings is 2. The maximum absolute atomic E-state index is 13.0. The van der Waals surface area contributed by atoms with Crippen LogP contribution in [-0.2, 0) is 16.6 Å². The number of rotatable bonds is 4. The van der Waals surface area contributed by atoms with Crippen molar-refractivity contribution in [2.75, 3.05) is 0 Å². The first-order chi connectivity index (χ1) is 9.94. The molecule has 0 atom stereocenters. The first-order valence-corrected chi connectivity index (χ1v) is 7.35. The fourth-order valence-corrected chi connectivity index (χ4v) is 2.87. The molecule has 0 aliphatic carbocycles. The summed E-state index contributed by atoms with van der Waals surface area (Å²) in [4.78, 5) is -0.157. The zero-order chi connectivity index (χ0) is 15.5. The minimum Gasteiger partial charge on any atom is -0.207 e. The molecule has 2 aromatic rings. The predicted octanol–water partition coefficient (Wildman–Crippen LogP) is 2.31. The molecule has 0 radical (unpaired) electrons. The molecule has 0 unspecified atom stereocenters. The van der Waals surface area contributed by atoms with Gasteiger partial charge in [0, 0.05) is 6.54 Å². The predicted molar refractivity (Wildman–Crippen MR) is 71.5 cm³/mol. The molecule has 0 aromatic heterocycles. The van der Waals surface area contributed by atoms with Crippen LogP contribution in [0.25, 0.3) is 0 Å². The Morgan fingerprint density at radius 2 is 1.81 bits per heavy atom. The Balaban J connectivity index is 2.22. The van der Waals surface area contributed by atoms with E-state index < -0.39 is 21.7 Å². The first-order valence-electron chi connectivity index (χ1n) is 5.87. The lowest BCUT2D eigenvalue weighted by Gasteiger charge is -2.08. The maximum Gasteiger partial charge on any atom is 0.242 e. The molecule has 0 heterocycles. The molecule has 0 bridgehead atoms. The largest absolute Gasteiger partial charge is 0.242 e. The molecular weight excluding hydrogens is 298 g/mol. The van der Waals surface area contributed by atoms with Crippen molar-refractivity contribution in [2.24, 2.45) is 0 Å². The van der Waals surface area contributed by atoms with Gasteiger partial charge in [0.2, 0.25) is 10.0 Å². The summed E-state index contributed by atoms with van der Waals surface area (Å²) in [6, 6.07) is 10.6. The smallest absolute Gasteiger partial charge is 0.207 e. The number of sulfonamides is 1. The Labute approximate surface area is 120 Å². The third-order valence-electron chi connectivity index (χ3n) is 2.75. The van der Waals surface area contributed by atoms with E-state index in [1.54, 1.807) is 12.1 Å². The number of nitrogens with zero attached hydrogens (tertiary/aromatic N) is 1. The van der Waals surface area contributed by atoms with Gasteiger partial charge in [-0.05, 0) is 29.8 Å². The van der Waals surface area contributed by atoms with Crippen LogP contribution < -0.4 is 4.72 Å². The quantitative estimate of drug-likeness (QED) is 0.942. The van der Waals surface area contributed by atoms with Crippen molar-refractivity contribution in [2.45, 2.75) is 11.4 Å². The van der Waals surface area contributed by atoms with Crippen LogP contribution in [0, 0.1) is 23.0 Å². The summed E-state index contributed by atoms with van der Waals surface area (Å²) < 4.78 is 52.3. The fourth-order valence-electron chi connectivity index (χ4n) is 1.70. The molecule has 2 rings (SSSR count). The van der Waals surface area contributed by atoms with Gasteiger partial charge in [-0.15, -0.1) is 0 Å². The lowest BCUT2D eigenvalue weighted by molar-refractivity contribution is 0.506. The maximum atomic E-state index is 13.0. The van der Waals surface area contributed by atoms with E-state index in [0.717, 1.165) is 12.1 Å². The van der Waals surface area contributed by atoms with Gasteiger partial charge in [-0.1, -0.05) is 18.2 Å². The summed E-state index contributed by atoms with van der Waals surface area (Å²) in [5.41, 5.74) is 0.280. The Bertz CT molecular complexity index is 814. The lowest BCUT2D eigenvalue weighted by Crippen LogP contribution is -2.24. The fraction of sp³-hybridized carbons (Fsp3) is 0.0714. The van der Waals surface area contributed by atoms with E-state index in [4.69, 9.17) is 5.26 Å². The Morgan fingerprint density at radius 3 is 2.48 bits per heavy atom. The van der Waals surface area contributed by atoms with Crippen molar-refractivity contribution in [1.29, 1.82) is 5.26 Å². The van der Waals surface area contributed by atoms with Crippen LogP contribution in [0.5, 0.6) is 0 Å². The van der Waals surface area contributed by atoms with Crippen LogP contribution in [0.4, 0.5) is 8.78 Å². The van der Waals surface area contributed by atoms with Crippen LogP contribution in [0.1, 0.15) is 11.1 Å². The van der Waals surface area contributed by atoms with Crippen molar-refractivity contribution in [3.63, 3.8) is 0 Å². The van der Waals surface area contributed by atoms with Gasteiger partial charge in [0.1, 0.15) is 6.07 Å². The molecule has 2 aromatic carbocycles. The van der Waals surface area contributed by atoms with E-state index in [9.17, 15) is 17.2 Å². The summed E-state index contributed by atoms with van der Waals surface area (Å²) in [5.74, 6) is -2.06. The highest BCUT2D eigenvalue weighted by Crippen LogP contribution is 2.15. The van der Waals surface area contributed by atoms with E-state index >= 15 is 0 Å². The molecule has 0 spiro atoms. The molecule has 7 heteroatoms. The molecule has 21 heavy (non-hydrogen) atoms. The van der Waals surface area contributed by atoms with Crippen molar-refractivity contribution < 1.29 is 17.2 Å². The highest BCUT2D eigenvalue weighted by atomic mass is 32.2. The van der Waals surface area contributed by atoms with Gasteiger partial charge in [0.05, 0.1) is 10.5 Å². The van der Waals surface area contributed by atoms with Gasteiger partial charge in [-0.25, -0.2) is 21.9 Å². The van der Waals surface area contributed by atoms with Crippen molar-refractivity contribution in [1.82, 2.24) is 4.72 Å². The molecule has 0 aliphatic heterocycles. The molecule has 0 aliphatic rings.